The molecule has 0 radical (unpaired) electrons. The fourth-order valence-corrected chi connectivity index (χ4v) is 3.51. The molecule has 0 spiro atoms. The third-order valence-electron chi connectivity index (χ3n) is 4.95. The van der Waals surface area contributed by atoms with Crippen molar-refractivity contribution in [3.8, 4) is 11.5 Å². The normalized spacial score (nSPS) is 16.1. The van der Waals surface area contributed by atoms with E-state index < -0.39 is 0 Å². The highest BCUT2D eigenvalue weighted by molar-refractivity contribution is 14.0. The van der Waals surface area contributed by atoms with Crippen LogP contribution in [0.3, 0.4) is 0 Å². The summed E-state index contributed by atoms with van der Waals surface area (Å²) in [6, 6.07) is 9.94. The molecule has 1 aromatic heterocycles. The smallest absolute Gasteiger partial charge is 0.226 e. The number of aromatic nitrogens is 1. The summed E-state index contributed by atoms with van der Waals surface area (Å²) >= 11 is 0. The molecular weight excluding hydrogens is 477 g/mol. The van der Waals surface area contributed by atoms with Crippen LogP contribution in [-0.4, -0.2) is 48.6 Å². The molecular formula is C22H34IN5O. The molecule has 1 fully saturated rings. The van der Waals surface area contributed by atoms with Crippen LogP contribution in [0.25, 0.3) is 11.5 Å². The second-order valence-corrected chi connectivity index (χ2v) is 7.55. The van der Waals surface area contributed by atoms with Gasteiger partial charge in [-0.1, -0.05) is 31.5 Å². The lowest BCUT2D eigenvalue weighted by molar-refractivity contribution is 0.201. The molecule has 0 amide bonds. The molecule has 1 atom stereocenters. The van der Waals surface area contributed by atoms with Crippen molar-refractivity contribution in [1.29, 1.82) is 0 Å². The molecule has 2 aromatic rings. The minimum atomic E-state index is 0. The Kier molecular flexibility index (Phi) is 10.5. The van der Waals surface area contributed by atoms with Crippen LogP contribution in [0.4, 0.5) is 0 Å². The van der Waals surface area contributed by atoms with Crippen molar-refractivity contribution in [2.45, 2.75) is 39.7 Å². The Morgan fingerprint density at radius 3 is 2.66 bits per heavy atom. The van der Waals surface area contributed by atoms with Crippen molar-refractivity contribution in [2.24, 2.45) is 10.9 Å². The molecule has 1 aliphatic heterocycles. The van der Waals surface area contributed by atoms with E-state index in [1.165, 1.54) is 32.4 Å². The van der Waals surface area contributed by atoms with Crippen molar-refractivity contribution >= 4 is 29.9 Å². The number of guanidine groups is 1. The highest BCUT2D eigenvalue weighted by atomic mass is 127. The summed E-state index contributed by atoms with van der Waals surface area (Å²) in [4.78, 5) is 11.8. The van der Waals surface area contributed by atoms with Crippen molar-refractivity contribution in [3.63, 3.8) is 0 Å². The summed E-state index contributed by atoms with van der Waals surface area (Å²) in [5.74, 6) is 2.05. The lowest BCUT2D eigenvalue weighted by Gasteiger charge is -2.29. The maximum atomic E-state index is 5.60. The first kappa shape index (κ1) is 23.7. The van der Waals surface area contributed by atoms with Gasteiger partial charge in [-0.3, -0.25) is 0 Å². The fourth-order valence-electron chi connectivity index (χ4n) is 3.51. The van der Waals surface area contributed by atoms with Gasteiger partial charge in [-0.15, -0.1) is 24.0 Å². The Bertz CT molecular complexity index is 728. The quantitative estimate of drug-likeness (QED) is 0.317. The van der Waals surface area contributed by atoms with E-state index in [1.807, 2.05) is 30.3 Å². The topological polar surface area (TPSA) is 65.7 Å². The number of nitrogens with zero attached hydrogens (tertiary/aromatic N) is 3. The van der Waals surface area contributed by atoms with Gasteiger partial charge in [-0.05, 0) is 50.9 Å². The Hall–Kier alpha value is -1.61. The van der Waals surface area contributed by atoms with E-state index in [9.17, 15) is 0 Å². The summed E-state index contributed by atoms with van der Waals surface area (Å²) < 4.78 is 5.60. The number of benzene rings is 1. The molecule has 0 bridgehead atoms. The number of hydrogen-bond acceptors (Lipinski definition) is 4. The van der Waals surface area contributed by atoms with Gasteiger partial charge in [0.15, 0.2) is 5.96 Å². The number of nitrogens with one attached hydrogen (secondary N) is 2. The van der Waals surface area contributed by atoms with E-state index in [0.29, 0.717) is 18.4 Å². The monoisotopic (exact) mass is 511 g/mol. The highest BCUT2D eigenvalue weighted by Crippen LogP contribution is 2.18. The Balaban J connectivity index is 0.00000300. The van der Waals surface area contributed by atoms with E-state index in [4.69, 9.17) is 4.42 Å². The maximum absolute atomic E-state index is 5.60. The predicted molar refractivity (Wildman–Crippen MR) is 130 cm³/mol. The maximum Gasteiger partial charge on any atom is 0.226 e. The summed E-state index contributed by atoms with van der Waals surface area (Å²) in [7, 11) is 0. The van der Waals surface area contributed by atoms with E-state index in [-0.39, 0.29) is 24.0 Å². The van der Waals surface area contributed by atoms with E-state index in [1.54, 1.807) is 6.26 Å². The highest BCUT2D eigenvalue weighted by Gasteiger charge is 2.14. The molecule has 0 aliphatic carbocycles. The molecule has 6 nitrogen and oxygen atoms in total. The van der Waals surface area contributed by atoms with Crippen LogP contribution in [0.1, 0.15) is 38.8 Å². The van der Waals surface area contributed by atoms with Crippen molar-refractivity contribution < 1.29 is 4.42 Å². The number of likely N-dealkylation sites (tertiary alicyclic amines) is 1. The lowest BCUT2D eigenvalue weighted by atomic mass is 10.1. The van der Waals surface area contributed by atoms with Gasteiger partial charge in [0.25, 0.3) is 0 Å². The lowest BCUT2D eigenvalue weighted by Crippen LogP contribution is -2.42. The molecule has 1 unspecified atom stereocenters. The fraction of sp³-hybridized carbons (Fsp3) is 0.545. The SMILES string of the molecule is CCNC(=NCc1coc(-c2ccccc2)n1)NCC(C)CN1CCCCC1.I. The van der Waals surface area contributed by atoms with E-state index in [0.717, 1.165) is 36.9 Å². The van der Waals surface area contributed by atoms with Crippen LogP contribution in [0.15, 0.2) is 46.0 Å². The minimum Gasteiger partial charge on any atom is -0.444 e. The number of piperidine rings is 1. The van der Waals surface area contributed by atoms with Crippen LogP contribution in [0, 0.1) is 5.92 Å². The van der Waals surface area contributed by atoms with Crippen molar-refractivity contribution in [3.05, 3.63) is 42.3 Å². The van der Waals surface area contributed by atoms with Gasteiger partial charge in [0.1, 0.15) is 12.0 Å². The average Bonchev–Trinajstić information content (AvgIpc) is 3.20. The van der Waals surface area contributed by atoms with Crippen LogP contribution in [0.5, 0.6) is 0 Å². The second-order valence-electron chi connectivity index (χ2n) is 7.55. The summed E-state index contributed by atoms with van der Waals surface area (Å²) in [6.45, 7) is 10.3. The minimum absolute atomic E-state index is 0. The molecule has 7 heteroatoms. The van der Waals surface area contributed by atoms with E-state index >= 15 is 0 Å². The van der Waals surface area contributed by atoms with Gasteiger partial charge in [-0.25, -0.2) is 9.98 Å². The summed E-state index contributed by atoms with van der Waals surface area (Å²) in [6.07, 6.45) is 5.75. The number of hydrogen-bond donors (Lipinski definition) is 2. The van der Waals surface area contributed by atoms with Gasteiger partial charge in [-0.2, -0.15) is 0 Å². The second kappa shape index (κ2) is 12.8. The van der Waals surface area contributed by atoms with E-state index in [2.05, 4.69) is 39.4 Å². The molecule has 2 N–H and O–H groups in total. The van der Waals surface area contributed by atoms with Crippen molar-refractivity contribution in [2.75, 3.05) is 32.7 Å². The molecule has 29 heavy (non-hydrogen) atoms. The van der Waals surface area contributed by atoms with Crippen LogP contribution in [-0.2, 0) is 6.54 Å². The summed E-state index contributed by atoms with van der Waals surface area (Å²) in [5.41, 5.74) is 1.81. The average molecular weight is 511 g/mol. The van der Waals surface area contributed by atoms with Crippen LogP contribution < -0.4 is 10.6 Å². The summed E-state index contributed by atoms with van der Waals surface area (Å²) in [5, 5.41) is 6.79. The molecule has 160 valence electrons. The van der Waals surface area contributed by atoms with Crippen molar-refractivity contribution in [1.82, 2.24) is 20.5 Å². The number of halogens is 1. The first-order valence-electron chi connectivity index (χ1n) is 10.5. The van der Waals surface area contributed by atoms with Crippen LogP contribution >= 0.6 is 24.0 Å². The van der Waals surface area contributed by atoms with Gasteiger partial charge >= 0.3 is 0 Å². The first-order valence-corrected chi connectivity index (χ1v) is 10.5. The molecule has 0 saturated carbocycles. The van der Waals surface area contributed by atoms with Gasteiger partial charge in [0.2, 0.25) is 5.89 Å². The largest absolute Gasteiger partial charge is 0.444 e. The molecule has 3 rings (SSSR count). The van der Waals surface area contributed by atoms with Gasteiger partial charge < -0.3 is 20.0 Å². The molecule has 1 aromatic carbocycles. The molecule has 1 saturated heterocycles. The third kappa shape index (κ3) is 7.97. The van der Waals surface area contributed by atoms with Gasteiger partial charge in [0, 0.05) is 25.2 Å². The third-order valence-corrected chi connectivity index (χ3v) is 4.95. The Labute approximate surface area is 191 Å². The molecule has 1 aliphatic rings. The first-order chi connectivity index (χ1) is 13.7. The zero-order chi connectivity index (χ0) is 19.6. The molecule has 2 heterocycles. The number of oxazole rings is 1. The van der Waals surface area contributed by atoms with Crippen LogP contribution in [0.2, 0.25) is 0 Å². The standard InChI is InChI=1S/C22H33N5O.HI/c1-3-23-22(24-14-18(2)16-27-12-8-5-9-13-27)25-15-20-17-28-21(26-20)19-10-6-4-7-11-19;/h4,6-7,10-11,17-18H,3,5,8-9,12-16H2,1-2H3,(H2,23,24,25);1H. The zero-order valence-corrected chi connectivity index (χ0v) is 19.9. The number of rotatable bonds is 8. The predicted octanol–water partition coefficient (Wildman–Crippen LogP) is 4.14. The number of aliphatic imine (C=N–C) groups is 1. The Morgan fingerprint density at radius 1 is 1.17 bits per heavy atom. The van der Waals surface area contributed by atoms with Gasteiger partial charge in [0.05, 0.1) is 6.54 Å². The zero-order valence-electron chi connectivity index (χ0n) is 17.6. The Morgan fingerprint density at radius 2 is 1.93 bits per heavy atom.